The second-order valence-corrected chi connectivity index (χ2v) is 7.42. The van der Waals surface area contributed by atoms with Crippen molar-refractivity contribution < 1.29 is 38.3 Å². The van der Waals surface area contributed by atoms with Crippen LogP contribution in [0.15, 0.2) is 24.3 Å². The second-order valence-electron chi connectivity index (χ2n) is 7.42. The number of Topliss-reactive ketones (excluding diaryl/α,β-unsaturated/α-hetero) is 1. The van der Waals surface area contributed by atoms with Crippen molar-refractivity contribution in [2.45, 2.75) is 25.6 Å². The molecule has 160 valence electrons. The summed E-state index contributed by atoms with van der Waals surface area (Å²) in [5, 5.41) is 11.1. The van der Waals surface area contributed by atoms with Crippen molar-refractivity contribution in [3.05, 3.63) is 35.4 Å². The molecule has 2 heterocycles. The standard InChI is InChI=1S/C22H24O8/c1-11(23)20-19(12-6-17(25-3)21(27-5)18(7-12)26-4)13-8-15-16(29-10-28-15)9-14(13)30-22(20,2)24/h6-9,19-20,24H,10H2,1-5H3/t19-,20+,22+/m0/s1. The predicted molar refractivity (Wildman–Crippen MR) is 106 cm³/mol. The van der Waals surface area contributed by atoms with E-state index in [4.69, 9.17) is 28.4 Å². The van der Waals surface area contributed by atoms with E-state index in [-0.39, 0.29) is 12.6 Å². The van der Waals surface area contributed by atoms with Crippen LogP contribution in [0.4, 0.5) is 0 Å². The molecule has 2 aliphatic heterocycles. The fourth-order valence-corrected chi connectivity index (χ4v) is 4.31. The van der Waals surface area contributed by atoms with Crippen LogP contribution in [-0.4, -0.2) is 44.8 Å². The van der Waals surface area contributed by atoms with E-state index in [9.17, 15) is 9.90 Å². The number of hydrogen-bond acceptors (Lipinski definition) is 8. The quantitative estimate of drug-likeness (QED) is 0.796. The molecule has 0 radical (unpaired) electrons. The Morgan fingerprint density at radius 2 is 1.60 bits per heavy atom. The average molecular weight is 416 g/mol. The minimum atomic E-state index is -1.74. The van der Waals surface area contributed by atoms with Gasteiger partial charge in [0.2, 0.25) is 18.3 Å². The first-order valence-electron chi connectivity index (χ1n) is 9.46. The van der Waals surface area contributed by atoms with Gasteiger partial charge in [0.1, 0.15) is 11.5 Å². The zero-order valence-electron chi connectivity index (χ0n) is 17.5. The zero-order chi connectivity index (χ0) is 21.6. The number of carbonyl (C=O) groups excluding carboxylic acids is 1. The molecule has 0 aliphatic carbocycles. The van der Waals surface area contributed by atoms with E-state index >= 15 is 0 Å². The summed E-state index contributed by atoms with van der Waals surface area (Å²) in [6.07, 6.45) is 0. The van der Waals surface area contributed by atoms with Gasteiger partial charge in [-0.3, -0.25) is 4.79 Å². The minimum absolute atomic E-state index is 0.0968. The number of carbonyl (C=O) groups is 1. The van der Waals surface area contributed by atoms with E-state index in [1.165, 1.54) is 35.2 Å². The third-order valence-corrected chi connectivity index (χ3v) is 5.55. The number of hydrogen-bond donors (Lipinski definition) is 1. The molecule has 0 unspecified atom stereocenters. The van der Waals surface area contributed by atoms with Gasteiger partial charge in [0, 0.05) is 24.5 Å². The van der Waals surface area contributed by atoms with Crippen LogP contribution < -0.4 is 28.4 Å². The molecule has 0 amide bonds. The van der Waals surface area contributed by atoms with Crippen LogP contribution in [0.25, 0.3) is 0 Å². The van der Waals surface area contributed by atoms with Gasteiger partial charge in [-0.05, 0) is 30.7 Å². The van der Waals surface area contributed by atoms with Crippen molar-refractivity contribution in [1.82, 2.24) is 0 Å². The Kier molecular flexibility index (Phi) is 4.89. The third-order valence-electron chi connectivity index (χ3n) is 5.55. The zero-order valence-corrected chi connectivity index (χ0v) is 17.5. The normalized spacial score (nSPS) is 23.9. The molecule has 30 heavy (non-hydrogen) atoms. The predicted octanol–water partition coefficient (Wildman–Crippen LogP) is 2.88. The number of rotatable bonds is 5. The Hall–Kier alpha value is -3.13. The number of benzene rings is 2. The van der Waals surface area contributed by atoms with Crippen molar-refractivity contribution >= 4 is 5.78 Å². The van der Waals surface area contributed by atoms with E-state index in [1.54, 1.807) is 24.3 Å². The van der Waals surface area contributed by atoms with Gasteiger partial charge in [-0.15, -0.1) is 0 Å². The molecule has 8 nitrogen and oxygen atoms in total. The van der Waals surface area contributed by atoms with Gasteiger partial charge < -0.3 is 33.5 Å². The first-order valence-corrected chi connectivity index (χ1v) is 9.46. The van der Waals surface area contributed by atoms with Crippen LogP contribution in [0.5, 0.6) is 34.5 Å². The molecular formula is C22H24O8. The van der Waals surface area contributed by atoms with Gasteiger partial charge in [-0.25, -0.2) is 0 Å². The van der Waals surface area contributed by atoms with Crippen molar-refractivity contribution in [2.24, 2.45) is 5.92 Å². The lowest BCUT2D eigenvalue weighted by atomic mass is 9.72. The molecule has 4 rings (SSSR count). The summed E-state index contributed by atoms with van der Waals surface area (Å²) in [6.45, 7) is 3.02. The highest BCUT2D eigenvalue weighted by molar-refractivity contribution is 5.82. The molecule has 0 saturated heterocycles. The molecule has 2 aliphatic rings. The topological polar surface area (TPSA) is 92.7 Å². The maximum atomic E-state index is 12.7. The fraction of sp³-hybridized carbons (Fsp3) is 0.409. The van der Waals surface area contributed by atoms with Gasteiger partial charge >= 0.3 is 0 Å². The van der Waals surface area contributed by atoms with Crippen molar-refractivity contribution in [2.75, 3.05) is 28.1 Å². The summed E-state index contributed by atoms with van der Waals surface area (Å²) in [7, 11) is 4.57. The highest BCUT2D eigenvalue weighted by Crippen LogP contribution is 2.53. The van der Waals surface area contributed by atoms with Crippen LogP contribution >= 0.6 is 0 Å². The highest BCUT2D eigenvalue weighted by atomic mass is 16.7. The lowest BCUT2D eigenvalue weighted by Gasteiger charge is -2.42. The lowest BCUT2D eigenvalue weighted by Crippen LogP contribution is -2.50. The van der Waals surface area contributed by atoms with Crippen LogP contribution in [0, 0.1) is 5.92 Å². The van der Waals surface area contributed by atoms with Crippen LogP contribution in [-0.2, 0) is 4.79 Å². The number of aliphatic hydroxyl groups is 1. The van der Waals surface area contributed by atoms with Crippen molar-refractivity contribution in [3.8, 4) is 34.5 Å². The molecule has 0 spiro atoms. The lowest BCUT2D eigenvalue weighted by molar-refractivity contribution is -0.181. The van der Waals surface area contributed by atoms with E-state index in [2.05, 4.69) is 0 Å². The van der Waals surface area contributed by atoms with Crippen molar-refractivity contribution in [1.29, 1.82) is 0 Å². The Morgan fingerprint density at radius 3 is 2.13 bits per heavy atom. The first-order chi connectivity index (χ1) is 14.3. The van der Waals surface area contributed by atoms with Gasteiger partial charge in [-0.1, -0.05) is 0 Å². The Labute approximate surface area is 174 Å². The maximum absolute atomic E-state index is 12.7. The molecule has 0 bridgehead atoms. The number of fused-ring (bicyclic) bond motifs is 2. The van der Waals surface area contributed by atoms with Crippen molar-refractivity contribution in [3.63, 3.8) is 0 Å². The molecule has 0 aromatic heterocycles. The van der Waals surface area contributed by atoms with Crippen LogP contribution in [0.3, 0.4) is 0 Å². The Balaban J connectivity index is 1.98. The summed E-state index contributed by atoms with van der Waals surface area (Å²) >= 11 is 0. The molecule has 3 atom stereocenters. The molecule has 2 aromatic rings. The van der Waals surface area contributed by atoms with Gasteiger partial charge in [0.05, 0.1) is 27.2 Å². The highest BCUT2D eigenvalue weighted by Gasteiger charge is 2.50. The molecule has 8 heteroatoms. The largest absolute Gasteiger partial charge is 0.493 e. The summed E-state index contributed by atoms with van der Waals surface area (Å²) in [5.41, 5.74) is 1.40. The van der Waals surface area contributed by atoms with Crippen LogP contribution in [0.1, 0.15) is 30.9 Å². The molecule has 1 N–H and O–H groups in total. The summed E-state index contributed by atoms with van der Waals surface area (Å²) in [5.74, 6) is -0.566. The summed E-state index contributed by atoms with van der Waals surface area (Å²) in [6, 6.07) is 7.01. The number of ketones is 1. The van der Waals surface area contributed by atoms with E-state index in [0.29, 0.717) is 45.6 Å². The van der Waals surface area contributed by atoms with E-state index in [0.717, 1.165) is 0 Å². The monoisotopic (exact) mass is 416 g/mol. The Morgan fingerprint density at radius 1 is 1.00 bits per heavy atom. The van der Waals surface area contributed by atoms with Gasteiger partial charge in [-0.2, -0.15) is 0 Å². The second kappa shape index (κ2) is 7.28. The van der Waals surface area contributed by atoms with Gasteiger partial charge in [0.15, 0.2) is 23.0 Å². The number of methoxy groups -OCH3 is 3. The van der Waals surface area contributed by atoms with E-state index < -0.39 is 17.6 Å². The molecular weight excluding hydrogens is 392 g/mol. The van der Waals surface area contributed by atoms with E-state index in [1.807, 2.05) is 0 Å². The molecule has 0 fully saturated rings. The summed E-state index contributed by atoms with van der Waals surface area (Å²) in [4.78, 5) is 12.7. The van der Waals surface area contributed by atoms with Crippen LogP contribution in [0.2, 0.25) is 0 Å². The Bertz CT molecular complexity index is 972. The van der Waals surface area contributed by atoms with Gasteiger partial charge in [0.25, 0.3) is 0 Å². The minimum Gasteiger partial charge on any atom is -0.493 e. The number of ether oxygens (including phenoxy) is 6. The smallest absolute Gasteiger partial charge is 0.231 e. The fourth-order valence-electron chi connectivity index (χ4n) is 4.31. The SMILES string of the molecule is COc1cc([C@H]2c3cc4c(cc3O[C@@](C)(O)[C@@H]2C(C)=O)OCO4)cc(OC)c1OC. The summed E-state index contributed by atoms with van der Waals surface area (Å²) < 4.78 is 33.2. The third kappa shape index (κ3) is 3.08. The average Bonchev–Trinajstić information content (AvgIpc) is 3.16. The molecule has 0 saturated carbocycles. The molecule has 2 aromatic carbocycles. The maximum Gasteiger partial charge on any atom is 0.231 e. The first kappa shape index (κ1) is 20.2.